The van der Waals surface area contributed by atoms with Gasteiger partial charge >= 0.3 is 5.97 Å². The van der Waals surface area contributed by atoms with Crippen LogP contribution in [0.25, 0.3) is 20.2 Å². The van der Waals surface area contributed by atoms with Crippen molar-refractivity contribution in [1.82, 2.24) is 4.72 Å². The van der Waals surface area contributed by atoms with Gasteiger partial charge in [0.05, 0.1) is 11.2 Å². The third kappa shape index (κ3) is 6.23. The van der Waals surface area contributed by atoms with Crippen molar-refractivity contribution in [3.05, 3.63) is 36.4 Å². The lowest BCUT2D eigenvalue weighted by molar-refractivity contribution is -0.158. The van der Waals surface area contributed by atoms with E-state index in [-0.39, 0.29) is 10.8 Å². The normalized spacial score (nSPS) is 14.0. The van der Waals surface area contributed by atoms with Gasteiger partial charge in [0.25, 0.3) is 0 Å². The van der Waals surface area contributed by atoms with Crippen LogP contribution in [-0.4, -0.2) is 40.7 Å². The number of thiophene rings is 1. The third-order valence-corrected chi connectivity index (χ3v) is 7.84. The zero-order valence-electron chi connectivity index (χ0n) is 19.3. The second kappa shape index (κ2) is 8.86. The van der Waals surface area contributed by atoms with Gasteiger partial charge in [-0.05, 0) is 57.0 Å². The Balaban J connectivity index is 1.98. The Bertz CT molecular complexity index is 1420. The standard InChI is InChI=1S/C22H28N2O6S3/c1-13(2)20(21(25)30-22(3,4)5)24-33(28,29)15-8-10-18-17(12-15)16-9-7-14(11-19(16)31-18)23-32(6,26)27/h7-13,20,23-24H,1-6H3/t20-/m0/s1. The highest BCUT2D eigenvalue weighted by atomic mass is 32.2. The lowest BCUT2D eigenvalue weighted by atomic mass is 10.1. The maximum Gasteiger partial charge on any atom is 0.324 e. The molecular weight excluding hydrogens is 484 g/mol. The van der Waals surface area contributed by atoms with Crippen molar-refractivity contribution < 1.29 is 26.4 Å². The third-order valence-electron chi connectivity index (χ3n) is 4.67. The minimum absolute atomic E-state index is 0.0299. The molecule has 33 heavy (non-hydrogen) atoms. The first-order chi connectivity index (χ1) is 15.1. The summed E-state index contributed by atoms with van der Waals surface area (Å²) in [6, 6.07) is 8.82. The Morgan fingerprint density at radius 1 is 0.970 bits per heavy atom. The van der Waals surface area contributed by atoms with Crippen LogP contribution >= 0.6 is 11.3 Å². The summed E-state index contributed by atoms with van der Waals surface area (Å²) in [6.45, 7) is 8.67. The number of nitrogens with one attached hydrogen (secondary N) is 2. The molecule has 2 N–H and O–H groups in total. The Morgan fingerprint density at radius 2 is 1.64 bits per heavy atom. The lowest BCUT2D eigenvalue weighted by Crippen LogP contribution is -2.47. The van der Waals surface area contributed by atoms with Crippen LogP contribution in [0.5, 0.6) is 0 Å². The largest absolute Gasteiger partial charge is 0.459 e. The molecule has 8 nitrogen and oxygen atoms in total. The van der Waals surface area contributed by atoms with Gasteiger partial charge in [-0.3, -0.25) is 9.52 Å². The van der Waals surface area contributed by atoms with Crippen LogP contribution in [-0.2, 0) is 29.6 Å². The Kier molecular flexibility index (Phi) is 6.82. The smallest absolute Gasteiger partial charge is 0.324 e. The van der Waals surface area contributed by atoms with Crippen molar-refractivity contribution in [1.29, 1.82) is 0 Å². The first-order valence-corrected chi connectivity index (χ1v) is 14.4. The molecule has 3 rings (SSSR count). The Morgan fingerprint density at radius 3 is 2.21 bits per heavy atom. The van der Waals surface area contributed by atoms with Gasteiger partial charge in [0.15, 0.2) is 0 Å². The average molecular weight is 513 g/mol. The molecule has 0 saturated heterocycles. The summed E-state index contributed by atoms with van der Waals surface area (Å²) in [7, 11) is -7.42. The molecule has 0 fully saturated rings. The molecule has 0 aliphatic heterocycles. The number of ether oxygens (including phenoxy) is 1. The summed E-state index contributed by atoms with van der Waals surface area (Å²) in [6.07, 6.45) is 1.08. The van der Waals surface area contributed by atoms with Gasteiger partial charge in [-0.15, -0.1) is 11.3 Å². The van der Waals surface area contributed by atoms with E-state index in [2.05, 4.69) is 9.44 Å². The van der Waals surface area contributed by atoms with Crippen molar-refractivity contribution in [2.75, 3.05) is 11.0 Å². The molecule has 0 amide bonds. The van der Waals surface area contributed by atoms with Crippen LogP contribution in [0.4, 0.5) is 5.69 Å². The minimum atomic E-state index is -4.01. The second-order valence-corrected chi connectivity index (χ2v) is 13.8. The second-order valence-electron chi connectivity index (χ2n) is 9.22. The number of hydrogen-bond donors (Lipinski definition) is 2. The number of benzene rings is 2. The molecule has 0 aliphatic carbocycles. The fourth-order valence-electron chi connectivity index (χ4n) is 3.26. The van der Waals surface area contributed by atoms with E-state index in [0.29, 0.717) is 5.69 Å². The summed E-state index contributed by atoms with van der Waals surface area (Å²) in [5.74, 6) is -0.949. The number of anilines is 1. The maximum atomic E-state index is 13.1. The number of carbonyl (C=O) groups excluding carboxylic acids is 1. The topological polar surface area (TPSA) is 119 Å². The van der Waals surface area contributed by atoms with Crippen LogP contribution in [0.1, 0.15) is 34.6 Å². The van der Waals surface area contributed by atoms with E-state index < -0.39 is 37.7 Å². The van der Waals surface area contributed by atoms with Crippen molar-refractivity contribution in [2.45, 2.75) is 51.2 Å². The molecule has 0 unspecified atom stereocenters. The summed E-state index contributed by atoms with van der Waals surface area (Å²) in [5, 5.41) is 1.53. The number of hydrogen-bond acceptors (Lipinski definition) is 7. The van der Waals surface area contributed by atoms with E-state index in [1.807, 2.05) is 0 Å². The Labute approximate surface area is 198 Å². The minimum Gasteiger partial charge on any atom is -0.459 e. The number of carbonyl (C=O) groups is 1. The highest BCUT2D eigenvalue weighted by Gasteiger charge is 2.32. The van der Waals surface area contributed by atoms with E-state index in [1.165, 1.54) is 17.4 Å². The fraction of sp³-hybridized carbons (Fsp3) is 0.409. The van der Waals surface area contributed by atoms with Gasteiger partial charge in [0.2, 0.25) is 20.0 Å². The van der Waals surface area contributed by atoms with Gasteiger partial charge in [0.1, 0.15) is 11.6 Å². The maximum absolute atomic E-state index is 13.1. The van der Waals surface area contributed by atoms with E-state index in [1.54, 1.807) is 65.0 Å². The molecular formula is C22H28N2O6S3. The average Bonchev–Trinajstić information content (AvgIpc) is 3.00. The highest BCUT2D eigenvalue weighted by molar-refractivity contribution is 7.92. The van der Waals surface area contributed by atoms with Crippen LogP contribution in [0.15, 0.2) is 41.3 Å². The summed E-state index contributed by atoms with van der Waals surface area (Å²) in [4.78, 5) is 12.6. The van der Waals surface area contributed by atoms with Gasteiger partial charge in [-0.25, -0.2) is 16.8 Å². The van der Waals surface area contributed by atoms with Crippen LogP contribution < -0.4 is 9.44 Å². The molecule has 0 radical (unpaired) electrons. The summed E-state index contributed by atoms with van der Waals surface area (Å²) in [5.41, 5.74) is -0.308. The molecule has 0 aliphatic rings. The SMILES string of the molecule is CC(C)[C@H](NS(=O)(=O)c1ccc2sc3cc(NS(C)(=O)=O)ccc3c2c1)C(=O)OC(C)(C)C. The van der Waals surface area contributed by atoms with Crippen LogP contribution in [0, 0.1) is 5.92 Å². The van der Waals surface area contributed by atoms with Crippen molar-refractivity contribution >= 4 is 63.2 Å². The molecule has 1 atom stereocenters. The summed E-state index contributed by atoms with van der Waals surface area (Å²) < 4.78 is 61.3. The van der Waals surface area contributed by atoms with Crippen molar-refractivity contribution in [2.24, 2.45) is 5.92 Å². The van der Waals surface area contributed by atoms with Crippen LogP contribution in [0.2, 0.25) is 0 Å². The van der Waals surface area contributed by atoms with Gasteiger partial charge in [-0.1, -0.05) is 19.9 Å². The zero-order valence-corrected chi connectivity index (χ0v) is 21.7. The van der Waals surface area contributed by atoms with E-state index in [4.69, 9.17) is 4.74 Å². The monoisotopic (exact) mass is 512 g/mol. The molecule has 1 aromatic heterocycles. The molecule has 3 aromatic rings. The lowest BCUT2D eigenvalue weighted by Gasteiger charge is -2.26. The molecule has 0 saturated carbocycles. The van der Waals surface area contributed by atoms with Crippen molar-refractivity contribution in [3.63, 3.8) is 0 Å². The number of rotatable bonds is 7. The Hall–Kier alpha value is -2.21. The molecule has 2 aromatic carbocycles. The van der Waals surface area contributed by atoms with Gasteiger partial charge in [-0.2, -0.15) is 4.72 Å². The fourth-order valence-corrected chi connectivity index (χ4v) is 6.30. The van der Waals surface area contributed by atoms with E-state index in [0.717, 1.165) is 26.4 Å². The molecule has 11 heteroatoms. The molecule has 0 spiro atoms. The van der Waals surface area contributed by atoms with E-state index in [9.17, 15) is 21.6 Å². The van der Waals surface area contributed by atoms with Gasteiger partial charge in [0, 0.05) is 25.9 Å². The van der Waals surface area contributed by atoms with Gasteiger partial charge < -0.3 is 4.74 Å². The highest BCUT2D eigenvalue weighted by Crippen LogP contribution is 2.36. The molecule has 1 heterocycles. The summed E-state index contributed by atoms with van der Waals surface area (Å²) >= 11 is 1.43. The first-order valence-electron chi connectivity index (χ1n) is 10.2. The van der Waals surface area contributed by atoms with Crippen LogP contribution in [0.3, 0.4) is 0 Å². The zero-order chi connectivity index (χ0) is 24.8. The predicted octanol–water partition coefficient (Wildman–Crippen LogP) is 4.07. The molecule has 0 bridgehead atoms. The van der Waals surface area contributed by atoms with E-state index >= 15 is 0 Å². The quantitative estimate of drug-likeness (QED) is 0.461. The predicted molar refractivity (Wildman–Crippen MR) is 133 cm³/mol. The number of esters is 1. The number of sulfonamides is 2. The van der Waals surface area contributed by atoms with Crippen molar-refractivity contribution in [3.8, 4) is 0 Å². The number of fused-ring (bicyclic) bond motifs is 3. The molecule has 180 valence electrons. The first kappa shape index (κ1) is 25.4.